The van der Waals surface area contributed by atoms with E-state index in [4.69, 9.17) is 21.3 Å². The van der Waals surface area contributed by atoms with Crippen molar-refractivity contribution in [2.75, 3.05) is 13.2 Å². The molecule has 1 amide bonds. The van der Waals surface area contributed by atoms with Crippen LogP contribution in [-0.4, -0.2) is 28.6 Å². The standard InChI is InChI=1S/C27H27BrClN3O2/c28-21-15-13-20(14-16-21)27(33)30-17-7-1-2-12-26-31-23-9-4-5-10-24(23)32(26)18-19-34-25-11-6-3-8-22(25)29/h3-6,8-11,13-16H,1-2,7,12,17-19H2,(H,30,33). The fourth-order valence-electron chi connectivity index (χ4n) is 3.86. The number of imidazole rings is 1. The van der Waals surface area contributed by atoms with E-state index in [1.165, 1.54) is 0 Å². The summed E-state index contributed by atoms with van der Waals surface area (Å²) in [4.78, 5) is 17.1. The number of aromatic nitrogens is 2. The van der Waals surface area contributed by atoms with E-state index in [2.05, 4.69) is 31.9 Å². The molecular formula is C27H27BrClN3O2. The zero-order valence-corrected chi connectivity index (χ0v) is 21.2. The first kappa shape index (κ1) is 24.3. The third kappa shape index (κ3) is 6.39. The number of amides is 1. The van der Waals surface area contributed by atoms with Crippen molar-refractivity contribution in [2.45, 2.75) is 32.2 Å². The highest BCUT2D eigenvalue weighted by Gasteiger charge is 2.11. The molecule has 0 spiro atoms. The van der Waals surface area contributed by atoms with Crippen LogP contribution in [0.3, 0.4) is 0 Å². The van der Waals surface area contributed by atoms with Crippen molar-refractivity contribution in [3.8, 4) is 5.75 Å². The van der Waals surface area contributed by atoms with Crippen molar-refractivity contribution < 1.29 is 9.53 Å². The van der Waals surface area contributed by atoms with E-state index >= 15 is 0 Å². The maximum absolute atomic E-state index is 12.2. The topological polar surface area (TPSA) is 56.2 Å². The Morgan fingerprint density at radius 1 is 0.971 bits per heavy atom. The van der Waals surface area contributed by atoms with E-state index < -0.39 is 0 Å². The number of nitrogens with zero attached hydrogens (tertiary/aromatic N) is 2. The second kappa shape index (κ2) is 12.0. The molecule has 0 saturated heterocycles. The van der Waals surface area contributed by atoms with E-state index in [1.54, 1.807) is 0 Å². The smallest absolute Gasteiger partial charge is 0.251 e. The minimum absolute atomic E-state index is 0.0344. The minimum Gasteiger partial charge on any atom is -0.490 e. The monoisotopic (exact) mass is 539 g/mol. The second-order valence-electron chi connectivity index (χ2n) is 8.02. The normalized spacial score (nSPS) is 11.0. The van der Waals surface area contributed by atoms with Gasteiger partial charge >= 0.3 is 0 Å². The summed E-state index contributed by atoms with van der Waals surface area (Å²) in [6.07, 6.45) is 3.82. The first-order valence-corrected chi connectivity index (χ1v) is 12.6. The molecule has 0 atom stereocenters. The van der Waals surface area contributed by atoms with Crippen molar-refractivity contribution >= 4 is 44.5 Å². The molecule has 0 saturated carbocycles. The number of para-hydroxylation sites is 3. The Kier molecular flexibility index (Phi) is 8.61. The van der Waals surface area contributed by atoms with Crippen molar-refractivity contribution in [1.29, 1.82) is 0 Å². The lowest BCUT2D eigenvalue weighted by molar-refractivity contribution is 0.0953. The van der Waals surface area contributed by atoms with E-state index in [0.717, 1.165) is 47.0 Å². The molecule has 7 heteroatoms. The largest absolute Gasteiger partial charge is 0.490 e. The molecule has 1 N–H and O–H groups in total. The highest BCUT2D eigenvalue weighted by molar-refractivity contribution is 9.10. The number of unbranched alkanes of at least 4 members (excludes halogenated alkanes) is 2. The molecule has 0 aliphatic carbocycles. The number of halogens is 2. The van der Waals surface area contributed by atoms with Gasteiger partial charge in [-0.25, -0.2) is 4.98 Å². The highest BCUT2D eigenvalue weighted by atomic mass is 79.9. The van der Waals surface area contributed by atoms with Crippen LogP contribution in [0.4, 0.5) is 0 Å². The second-order valence-corrected chi connectivity index (χ2v) is 9.34. The molecular weight excluding hydrogens is 514 g/mol. The van der Waals surface area contributed by atoms with Gasteiger partial charge in [0.15, 0.2) is 0 Å². The molecule has 0 radical (unpaired) electrons. The third-order valence-electron chi connectivity index (χ3n) is 5.61. The van der Waals surface area contributed by atoms with E-state index in [1.807, 2.05) is 66.7 Å². The van der Waals surface area contributed by atoms with E-state index in [-0.39, 0.29) is 5.91 Å². The van der Waals surface area contributed by atoms with Gasteiger partial charge in [-0.3, -0.25) is 4.79 Å². The third-order valence-corrected chi connectivity index (χ3v) is 6.45. The zero-order valence-electron chi connectivity index (χ0n) is 18.8. The quantitative estimate of drug-likeness (QED) is 0.216. The van der Waals surface area contributed by atoms with Crippen LogP contribution >= 0.6 is 27.5 Å². The van der Waals surface area contributed by atoms with Crippen molar-refractivity contribution in [1.82, 2.24) is 14.9 Å². The van der Waals surface area contributed by atoms with Gasteiger partial charge in [-0.05, 0) is 61.4 Å². The molecule has 4 rings (SSSR count). The fourth-order valence-corrected chi connectivity index (χ4v) is 4.32. The molecule has 1 aromatic heterocycles. The van der Waals surface area contributed by atoms with Crippen LogP contribution in [0.15, 0.2) is 77.3 Å². The molecule has 0 bridgehead atoms. The van der Waals surface area contributed by atoms with Gasteiger partial charge in [0.2, 0.25) is 0 Å². The number of hydrogen-bond donors (Lipinski definition) is 1. The lowest BCUT2D eigenvalue weighted by atomic mass is 10.1. The van der Waals surface area contributed by atoms with Crippen LogP contribution in [0.25, 0.3) is 11.0 Å². The summed E-state index contributed by atoms with van der Waals surface area (Å²) >= 11 is 9.60. The predicted octanol–water partition coefficient (Wildman–Crippen LogP) is 6.67. The number of nitrogens with one attached hydrogen (secondary N) is 1. The number of carbonyl (C=O) groups is 1. The SMILES string of the molecule is O=C(NCCCCCc1nc2ccccc2n1CCOc1ccccc1Cl)c1ccc(Br)cc1. The Labute approximate surface area is 213 Å². The number of fused-ring (bicyclic) bond motifs is 1. The number of ether oxygens (including phenoxy) is 1. The summed E-state index contributed by atoms with van der Waals surface area (Å²) < 4.78 is 9.11. The van der Waals surface area contributed by atoms with Crippen LogP contribution in [0.2, 0.25) is 5.02 Å². The first-order valence-electron chi connectivity index (χ1n) is 11.5. The summed E-state index contributed by atoms with van der Waals surface area (Å²) in [5.41, 5.74) is 2.79. The van der Waals surface area contributed by atoms with Crippen molar-refractivity contribution in [3.05, 3.63) is 93.7 Å². The van der Waals surface area contributed by atoms with Gasteiger partial charge in [-0.2, -0.15) is 0 Å². The van der Waals surface area contributed by atoms with Crippen LogP contribution in [0.1, 0.15) is 35.4 Å². The molecule has 176 valence electrons. The Hall–Kier alpha value is -2.83. The number of carbonyl (C=O) groups excluding carboxylic acids is 1. The molecule has 0 aliphatic rings. The molecule has 34 heavy (non-hydrogen) atoms. The molecule has 0 unspecified atom stereocenters. The van der Waals surface area contributed by atoms with E-state index in [0.29, 0.717) is 36.0 Å². The van der Waals surface area contributed by atoms with Gasteiger partial charge < -0.3 is 14.6 Å². The van der Waals surface area contributed by atoms with E-state index in [9.17, 15) is 4.79 Å². The number of aryl methyl sites for hydroxylation is 1. The Morgan fingerprint density at radius 2 is 1.74 bits per heavy atom. The van der Waals surface area contributed by atoms with Crippen LogP contribution in [0, 0.1) is 0 Å². The van der Waals surface area contributed by atoms with Crippen LogP contribution < -0.4 is 10.1 Å². The zero-order chi connectivity index (χ0) is 23.8. The average Bonchev–Trinajstić information content (AvgIpc) is 3.20. The van der Waals surface area contributed by atoms with Crippen LogP contribution in [0.5, 0.6) is 5.75 Å². The minimum atomic E-state index is -0.0344. The summed E-state index contributed by atoms with van der Waals surface area (Å²) in [6, 6.07) is 23.1. The van der Waals surface area contributed by atoms with Gasteiger partial charge in [0.1, 0.15) is 18.2 Å². The lowest BCUT2D eigenvalue weighted by Crippen LogP contribution is -2.24. The molecule has 0 aliphatic heterocycles. The molecule has 3 aromatic carbocycles. The summed E-state index contributed by atoms with van der Waals surface area (Å²) in [5, 5.41) is 3.61. The number of rotatable bonds is 11. The van der Waals surface area contributed by atoms with Gasteiger partial charge in [0.05, 0.1) is 22.6 Å². The predicted molar refractivity (Wildman–Crippen MR) is 141 cm³/mol. The highest BCUT2D eigenvalue weighted by Crippen LogP contribution is 2.24. The Balaban J connectivity index is 1.27. The summed E-state index contributed by atoms with van der Waals surface area (Å²) in [5.74, 6) is 1.72. The van der Waals surface area contributed by atoms with Gasteiger partial charge in [-0.15, -0.1) is 0 Å². The number of hydrogen-bond acceptors (Lipinski definition) is 3. The van der Waals surface area contributed by atoms with Gasteiger partial charge in [-0.1, -0.05) is 58.2 Å². The lowest BCUT2D eigenvalue weighted by Gasteiger charge is -2.12. The summed E-state index contributed by atoms with van der Waals surface area (Å²) in [6.45, 7) is 1.88. The van der Waals surface area contributed by atoms with Crippen LogP contribution in [-0.2, 0) is 13.0 Å². The Morgan fingerprint density at radius 3 is 2.56 bits per heavy atom. The average molecular weight is 541 g/mol. The van der Waals surface area contributed by atoms with Crippen molar-refractivity contribution in [2.24, 2.45) is 0 Å². The maximum Gasteiger partial charge on any atom is 0.251 e. The molecule has 1 heterocycles. The van der Waals surface area contributed by atoms with Crippen molar-refractivity contribution in [3.63, 3.8) is 0 Å². The van der Waals surface area contributed by atoms with Gasteiger partial charge in [0.25, 0.3) is 5.91 Å². The fraction of sp³-hybridized carbons (Fsp3) is 0.259. The first-order chi connectivity index (χ1) is 16.6. The molecule has 4 aromatic rings. The maximum atomic E-state index is 12.2. The molecule has 0 fully saturated rings. The summed E-state index contributed by atoms with van der Waals surface area (Å²) in [7, 11) is 0. The number of benzene rings is 3. The van der Waals surface area contributed by atoms with Gasteiger partial charge in [0, 0.05) is 23.0 Å². The Bertz CT molecular complexity index is 1240. The molecule has 5 nitrogen and oxygen atoms in total.